The number of hydrogen-bond donors (Lipinski definition) is 1. The molecule has 1 heterocycles. The molecule has 124 valence electrons. The summed E-state index contributed by atoms with van der Waals surface area (Å²) in [5, 5.41) is 6.92. The normalized spacial score (nSPS) is 29.7. The van der Waals surface area contributed by atoms with Crippen LogP contribution in [0.5, 0.6) is 0 Å². The van der Waals surface area contributed by atoms with Crippen molar-refractivity contribution in [2.45, 2.75) is 76.6 Å². The van der Waals surface area contributed by atoms with E-state index in [1.165, 1.54) is 6.42 Å². The third kappa shape index (κ3) is 4.78. The van der Waals surface area contributed by atoms with Gasteiger partial charge in [0.25, 0.3) is 0 Å². The van der Waals surface area contributed by atoms with Gasteiger partial charge in [-0.1, -0.05) is 18.0 Å². The number of ether oxygens (including phenoxy) is 1. The first-order valence-corrected chi connectivity index (χ1v) is 8.17. The molecule has 22 heavy (non-hydrogen) atoms. The van der Waals surface area contributed by atoms with Crippen LogP contribution in [0.25, 0.3) is 10.4 Å². The summed E-state index contributed by atoms with van der Waals surface area (Å²) in [7, 11) is 0. The van der Waals surface area contributed by atoms with Crippen molar-refractivity contribution in [3.63, 3.8) is 0 Å². The Kier molecular flexibility index (Phi) is 5.53. The summed E-state index contributed by atoms with van der Waals surface area (Å²) < 4.78 is 5.30. The minimum Gasteiger partial charge on any atom is -0.444 e. The van der Waals surface area contributed by atoms with Crippen LogP contribution in [0.15, 0.2) is 5.11 Å². The van der Waals surface area contributed by atoms with Gasteiger partial charge in [0.15, 0.2) is 0 Å². The van der Waals surface area contributed by atoms with Gasteiger partial charge in [0.1, 0.15) is 5.60 Å². The van der Waals surface area contributed by atoms with Gasteiger partial charge in [-0.15, -0.1) is 0 Å². The maximum atomic E-state index is 11.8. The highest BCUT2D eigenvalue weighted by molar-refractivity contribution is 5.68. The number of nitrogens with one attached hydrogen (secondary N) is 1. The fraction of sp³-hybridized carbons (Fsp3) is 0.933. The summed E-state index contributed by atoms with van der Waals surface area (Å²) >= 11 is 0. The van der Waals surface area contributed by atoms with E-state index in [1.807, 2.05) is 20.8 Å². The quantitative estimate of drug-likeness (QED) is 0.493. The van der Waals surface area contributed by atoms with E-state index >= 15 is 0 Å². The highest BCUT2D eigenvalue weighted by atomic mass is 16.6. The van der Waals surface area contributed by atoms with E-state index in [0.29, 0.717) is 6.04 Å². The topological polar surface area (TPSA) is 90.3 Å². The first-order chi connectivity index (χ1) is 10.4. The van der Waals surface area contributed by atoms with Crippen molar-refractivity contribution in [1.82, 2.24) is 10.2 Å². The van der Waals surface area contributed by atoms with Crippen molar-refractivity contribution in [1.29, 1.82) is 0 Å². The molecule has 0 bridgehead atoms. The zero-order chi connectivity index (χ0) is 16.2. The van der Waals surface area contributed by atoms with Crippen LogP contribution in [-0.2, 0) is 4.74 Å². The molecule has 0 radical (unpaired) electrons. The number of carbonyl (C=O) groups excluding carboxylic acids is 1. The Morgan fingerprint density at radius 3 is 2.73 bits per heavy atom. The predicted octanol–water partition coefficient (Wildman–Crippen LogP) is 3.21. The number of hydrogen-bond acceptors (Lipinski definition) is 4. The predicted molar refractivity (Wildman–Crippen MR) is 84.5 cm³/mol. The number of azide groups is 1. The SMILES string of the molecule is CC(C)(C)OC(=O)N[C@@H]1CCN([C@H]2CCCC[C@H]2N=[N+]=[N-])C1. The Labute approximate surface area is 132 Å². The maximum absolute atomic E-state index is 11.8. The van der Waals surface area contributed by atoms with Crippen molar-refractivity contribution >= 4 is 6.09 Å². The summed E-state index contributed by atoms with van der Waals surface area (Å²) in [6, 6.07) is 0.498. The second-order valence-electron chi connectivity index (χ2n) is 7.25. The second-order valence-corrected chi connectivity index (χ2v) is 7.25. The fourth-order valence-electron chi connectivity index (χ4n) is 3.40. The molecule has 2 fully saturated rings. The van der Waals surface area contributed by atoms with Crippen LogP contribution in [0, 0.1) is 0 Å². The molecule has 1 N–H and O–H groups in total. The van der Waals surface area contributed by atoms with Crippen LogP contribution >= 0.6 is 0 Å². The monoisotopic (exact) mass is 309 g/mol. The zero-order valence-electron chi connectivity index (χ0n) is 13.8. The van der Waals surface area contributed by atoms with Gasteiger partial charge in [-0.3, -0.25) is 4.90 Å². The average molecular weight is 309 g/mol. The van der Waals surface area contributed by atoms with Crippen LogP contribution in [0.1, 0.15) is 52.9 Å². The zero-order valence-corrected chi connectivity index (χ0v) is 13.8. The minimum absolute atomic E-state index is 0.0685. The molecular weight excluding hydrogens is 282 g/mol. The molecule has 1 aliphatic heterocycles. The molecule has 2 aliphatic rings. The highest BCUT2D eigenvalue weighted by Crippen LogP contribution is 2.28. The Morgan fingerprint density at radius 1 is 1.32 bits per heavy atom. The fourth-order valence-corrected chi connectivity index (χ4v) is 3.40. The largest absolute Gasteiger partial charge is 0.444 e. The van der Waals surface area contributed by atoms with Gasteiger partial charge in [0, 0.05) is 30.1 Å². The van der Waals surface area contributed by atoms with Crippen LogP contribution < -0.4 is 5.32 Å². The molecule has 1 aliphatic carbocycles. The van der Waals surface area contributed by atoms with Gasteiger partial charge in [-0.2, -0.15) is 0 Å². The molecule has 7 nitrogen and oxygen atoms in total. The van der Waals surface area contributed by atoms with Crippen molar-refractivity contribution in [2.24, 2.45) is 5.11 Å². The molecule has 0 aromatic heterocycles. The summed E-state index contributed by atoms with van der Waals surface area (Å²) in [5.74, 6) is 0. The van der Waals surface area contributed by atoms with E-state index in [1.54, 1.807) is 0 Å². The summed E-state index contributed by atoms with van der Waals surface area (Å²) in [4.78, 5) is 17.2. The Hall–Kier alpha value is -1.46. The Balaban J connectivity index is 1.86. The standard InChI is InChI=1S/C15H27N5O2/c1-15(2,3)22-14(21)17-11-8-9-20(10-11)13-7-5-4-6-12(13)18-19-16/h11-13H,4-10H2,1-3H3,(H,17,21)/t11-,12-,13+/m1/s1. The molecule has 1 saturated carbocycles. The van der Waals surface area contributed by atoms with E-state index in [4.69, 9.17) is 10.3 Å². The van der Waals surface area contributed by atoms with Crippen LogP contribution in [-0.4, -0.2) is 47.8 Å². The number of amides is 1. The summed E-state index contributed by atoms with van der Waals surface area (Å²) in [6.45, 7) is 7.32. The molecule has 0 unspecified atom stereocenters. The van der Waals surface area contributed by atoms with Gasteiger partial charge in [0.05, 0.1) is 6.04 Å². The molecule has 3 atom stereocenters. The number of rotatable bonds is 3. The first kappa shape index (κ1) is 16.9. The number of alkyl carbamates (subject to hydrolysis) is 1. The van der Waals surface area contributed by atoms with Gasteiger partial charge in [-0.25, -0.2) is 4.79 Å². The molecule has 7 heteroatoms. The lowest BCUT2D eigenvalue weighted by Gasteiger charge is -2.35. The van der Waals surface area contributed by atoms with Crippen molar-refractivity contribution in [2.75, 3.05) is 13.1 Å². The van der Waals surface area contributed by atoms with Crippen molar-refractivity contribution in [3.8, 4) is 0 Å². The molecule has 1 saturated heterocycles. The van der Waals surface area contributed by atoms with Gasteiger partial charge in [0.2, 0.25) is 0 Å². The molecule has 2 rings (SSSR count). The third-order valence-corrected chi connectivity index (χ3v) is 4.30. The van der Waals surface area contributed by atoms with E-state index in [-0.39, 0.29) is 18.2 Å². The number of likely N-dealkylation sites (tertiary alicyclic amines) is 1. The van der Waals surface area contributed by atoms with Crippen LogP contribution in [0.2, 0.25) is 0 Å². The van der Waals surface area contributed by atoms with Crippen molar-refractivity contribution in [3.05, 3.63) is 10.4 Å². The smallest absolute Gasteiger partial charge is 0.407 e. The summed E-state index contributed by atoms with van der Waals surface area (Å²) in [5.41, 5.74) is 8.25. The lowest BCUT2D eigenvalue weighted by molar-refractivity contribution is 0.0503. The molecule has 1 amide bonds. The van der Waals surface area contributed by atoms with E-state index in [9.17, 15) is 4.79 Å². The Morgan fingerprint density at radius 2 is 2.05 bits per heavy atom. The Bertz CT molecular complexity index is 442. The summed E-state index contributed by atoms with van der Waals surface area (Å²) in [6.07, 6.45) is 4.92. The molecule has 0 aromatic carbocycles. The number of carbonyl (C=O) groups is 1. The minimum atomic E-state index is -0.474. The molecule has 0 spiro atoms. The first-order valence-electron chi connectivity index (χ1n) is 8.17. The van der Waals surface area contributed by atoms with Gasteiger partial charge >= 0.3 is 6.09 Å². The number of nitrogens with zero attached hydrogens (tertiary/aromatic N) is 4. The van der Waals surface area contributed by atoms with E-state index in [2.05, 4.69) is 20.2 Å². The van der Waals surface area contributed by atoms with Crippen LogP contribution in [0.4, 0.5) is 4.79 Å². The third-order valence-electron chi connectivity index (χ3n) is 4.30. The second kappa shape index (κ2) is 7.20. The lowest BCUT2D eigenvalue weighted by atomic mass is 9.90. The van der Waals surface area contributed by atoms with E-state index in [0.717, 1.165) is 38.8 Å². The van der Waals surface area contributed by atoms with Gasteiger partial charge < -0.3 is 10.1 Å². The van der Waals surface area contributed by atoms with Gasteiger partial charge in [-0.05, 0) is 45.6 Å². The van der Waals surface area contributed by atoms with Crippen molar-refractivity contribution < 1.29 is 9.53 Å². The highest BCUT2D eigenvalue weighted by Gasteiger charge is 2.35. The van der Waals surface area contributed by atoms with Crippen LogP contribution in [0.3, 0.4) is 0 Å². The molecule has 0 aromatic rings. The lowest BCUT2D eigenvalue weighted by Crippen LogP contribution is -2.46. The molecular formula is C15H27N5O2. The average Bonchev–Trinajstić information content (AvgIpc) is 2.85. The maximum Gasteiger partial charge on any atom is 0.407 e. The van der Waals surface area contributed by atoms with E-state index < -0.39 is 5.60 Å².